The zero-order chi connectivity index (χ0) is 14.8. The highest BCUT2D eigenvalue weighted by atomic mass is 35.5. The number of hydrogen-bond acceptors (Lipinski definition) is 4. The van der Waals surface area contributed by atoms with Crippen LogP contribution in [0.5, 0.6) is 0 Å². The van der Waals surface area contributed by atoms with Crippen LogP contribution in [0.3, 0.4) is 0 Å². The molecule has 0 spiro atoms. The molecule has 0 fully saturated rings. The lowest BCUT2D eigenvalue weighted by Gasteiger charge is -2.25. The Morgan fingerprint density at radius 3 is 2.82 bits per heavy atom. The van der Waals surface area contributed by atoms with Gasteiger partial charge in [-0.15, -0.1) is 28.8 Å². The van der Waals surface area contributed by atoms with Crippen molar-refractivity contribution in [1.29, 1.82) is 0 Å². The molecule has 2 aromatic heterocycles. The second-order valence-electron chi connectivity index (χ2n) is 5.14. The molecule has 0 saturated carbocycles. The van der Waals surface area contributed by atoms with E-state index in [4.69, 9.17) is 11.5 Å². The number of aromatic nitrogens is 1. The third-order valence-corrected chi connectivity index (χ3v) is 4.67. The topological polar surface area (TPSA) is 89.6 Å². The van der Waals surface area contributed by atoms with Crippen molar-refractivity contribution in [2.45, 2.75) is 25.7 Å². The summed E-state index contributed by atoms with van der Waals surface area (Å²) in [7, 11) is 0. The molecule has 1 atom stereocenters. The van der Waals surface area contributed by atoms with Gasteiger partial charge in [-0.25, -0.2) is 0 Å². The SMILES string of the molecule is Cc1ccnc2c1/C(=N\N=C(N)N)CC(c1cccs1)C2.Cl. The van der Waals surface area contributed by atoms with Crippen LogP contribution in [0.25, 0.3) is 0 Å². The van der Waals surface area contributed by atoms with Gasteiger partial charge in [-0.3, -0.25) is 4.98 Å². The summed E-state index contributed by atoms with van der Waals surface area (Å²) in [6.45, 7) is 2.07. The fourth-order valence-corrected chi connectivity index (χ4v) is 3.57. The summed E-state index contributed by atoms with van der Waals surface area (Å²) in [6, 6.07) is 6.23. The molecule has 22 heavy (non-hydrogen) atoms. The van der Waals surface area contributed by atoms with E-state index in [1.165, 1.54) is 4.88 Å². The van der Waals surface area contributed by atoms with Crippen LogP contribution in [0, 0.1) is 6.92 Å². The summed E-state index contributed by atoms with van der Waals surface area (Å²) in [5.74, 6) is 0.364. The van der Waals surface area contributed by atoms with Gasteiger partial charge in [0, 0.05) is 29.0 Å². The Morgan fingerprint density at radius 1 is 1.32 bits per heavy atom. The molecule has 4 N–H and O–H groups in total. The maximum Gasteiger partial charge on any atom is 0.211 e. The molecule has 5 nitrogen and oxygen atoms in total. The molecule has 0 aromatic carbocycles. The van der Waals surface area contributed by atoms with Crippen molar-refractivity contribution < 1.29 is 0 Å². The van der Waals surface area contributed by atoms with Crippen LogP contribution < -0.4 is 11.5 Å². The lowest BCUT2D eigenvalue weighted by atomic mass is 9.83. The molecule has 1 aliphatic carbocycles. The second kappa shape index (κ2) is 6.89. The van der Waals surface area contributed by atoms with E-state index in [0.29, 0.717) is 5.92 Å². The highest BCUT2D eigenvalue weighted by Gasteiger charge is 2.27. The minimum atomic E-state index is -0.0242. The number of nitrogens with zero attached hydrogens (tertiary/aromatic N) is 3. The van der Waals surface area contributed by atoms with Crippen molar-refractivity contribution in [2.24, 2.45) is 21.7 Å². The van der Waals surface area contributed by atoms with E-state index in [1.54, 1.807) is 11.3 Å². The predicted molar refractivity (Wildman–Crippen MR) is 93.9 cm³/mol. The smallest absolute Gasteiger partial charge is 0.211 e. The quantitative estimate of drug-likeness (QED) is 0.502. The Morgan fingerprint density at radius 2 is 2.14 bits per heavy atom. The van der Waals surface area contributed by atoms with Crippen molar-refractivity contribution in [3.63, 3.8) is 0 Å². The fraction of sp³-hybridized carbons (Fsp3) is 0.267. The van der Waals surface area contributed by atoms with Crippen LogP contribution in [0.2, 0.25) is 0 Å². The summed E-state index contributed by atoms with van der Waals surface area (Å²) in [5, 5.41) is 10.2. The van der Waals surface area contributed by atoms with Crippen molar-refractivity contribution >= 4 is 35.4 Å². The summed E-state index contributed by atoms with van der Waals surface area (Å²) in [4.78, 5) is 5.88. The first-order chi connectivity index (χ1) is 10.1. The van der Waals surface area contributed by atoms with Gasteiger partial charge in [-0.2, -0.15) is 5.10 Å². The van der Waals surface area contributed by atoms with E-state index in [1.807, 2.05) is 12.3 Å². The van der Waals surface area contributed by atoms with Crippen LogP contribution in [-0.4, -0.2) is 16.7 Å². The first-order valence-corrected chi connectivity index (χ1v) is 7.67. The van der Waals surface area contributed by atoms with Gasteiger partial charge in [0.2, 0.25) is 5.96 Å². The number of rotatable bonds is 2. The molecular weight excluding hydrogens is 318 g/mol. The minimum Gasteiger partial charge on any atom is -0.369 e. The lowest BCUT2D eigenvalue weighted by Crippen LogP contribution is -2.24. The first-order valence-electron chi connectivity index (χ1n) is 6.79. The van der Waals surface area contributed by atoms with Gasteiger partial charge in [0.25, 0.3) is 0 Å². The maximum atomic E-state index is 5.40. The average molecular weight is 336 g/mol. The van der Waals surface area contributed by atoms with Crippen LogP contribution in [-0.2, 0) is 6.42 Å². The maximum absolute atomic E-state index is 5.40. The molecule has 0 amide bonds. The van der Waals surface area contributed by atoms with Gasteiger partial charge in [-0.05, 0) is 36.4 Å². The monoisotopic (exact) mass is 335 g/mol. The summed E-state index contributed by atoms with van der Waals surface area (Å²) in [5.41, 5.74) is 15.0. The molecule has 7 heteroatoms. The molecule has 1 aliphatic rings. The summed E-state index contributed by atoms with van der Waals surface area (Å²) >= 11 is 1.77. The number of nitrogens with two attached hydrogens (primary N) is 2. The van der Waals surface area contributed by atoms with Gasteiger partial charge in [0.05, 0.1) is 11.4 Å². The predicted octanol–water partition coefficient (Wildman–Crippen LogP) is 2.58. The van der Waals surface area contributed by atoms with E-state index in [0.717, 1.165) is 35.4 Å². The Balaban J connectivity index is 0.00000176. The first kappa shape index (κ1) is 16.5. The van der Waals surface area contributed by atoms with E-state index in [2.05, 4.69) is 39.6 Å². The van der Waals surface area contributed by atoms with Crippen molar-refractivity contribution in [3.05, 3.63) is 51.5 Å². The van der Waals surface area contributed by atoms with E-state index < -0.39 is 0 Å². The van der Waals surface area contributed by atoms with E-state index in [-0.39, 0.29) is 18.4 Å². The molecule has 0 radical (unpaired) electrons. The number of thiophene rings is 1. The second-order valence-corrected chi connectivity index (χ2v) is 6.12. The molecule has 0 aliphatic heterocycles. The van der Waals surface area contributed by atoms with Crippen LogP contribution in [0.1, 0.15) is 34.0 Å². The lowest BCUT2D eigenvalue weighted by molar-refractivity contribution is 0.689. The van der Waals surface area contributed by atoms with Gasteiger partial charge in [0.15, 0.2) is 0 Å². The van der Waals surface area contributed by atoms with Gasteiger partial charge in [-0.1, -0.05) is 6.07 Å². The van der Waals surface area contributed by atoms with Crippen molar-refractivity contribution in [2.75, 3.05) is 0 Å². The molecule has 0 bridgehead atoms. The standard InChI is InChI=1S/C15H17N5S.ClH/c1-9-4-5-18-11-7-10(13-3-2-6-21-13)8-12(14(9)11)19-20-15(16)17;/h2-6,10H,7-8H2,1H3,(H4,16,17,20);1H/b19-12-;. The molecule has 2 heterocycles. The van der Waals surface area contributed by atoms with Crippen molar-refractivity contribution in [1.82, 2.24) is 4.98 Å². The zero-order valence-corrected chi connectivity index (χ0v) is 13.8. The highest BCUT2D eigenvalue weighted by Crippen LogP contribution is 2.35. The largest absolute Gasteiger partial charge is 0.369 e. The normalized spacial score (nSPS) is 18.4. The van der Waals surface area contributed by atoms with Crippen molar-refractivity contribution in [3.8, 4) is 0 Å². The molecule has 3 rings (SSSR count). The number of guanidine groups is 1. The molecular formula is C15H18ClN5S. The van der Waals surface area contributed by atoms with Gasteiger partial charge in [0.1, 0.15) is 0 Å². The van der Waals surface area contributed by atoms with Gasteiger partial charge >= 0.3 is 0 Å². The summed E-state index contributed by atoms with van der Waals surface area (Å²) in [6.07, 6.45) is 3.61. The highest BCUT2D eigenvalue weighted by molar-refractivity contribution is 7.10. The molecule has 1 unspecified atom stereocenters. The number of aryl methyl sites for hydroxylation is 1. The van der Waals surface area contributed by atoms with E-state index >= 15 is 0 Å². The Hall–Kier alpha value is -1.92. The Labute approximate surface area is 139 Å². The third kappa shape index (κ3) is 3.28. The zero-order valence-electron chi connectivity index (χ0n) is 12.2. The number of hydrogen-bond donors (Lipinski definition) is 2. The third-order valence-electron chi connectivity index (χ3n) is 3.64. The minimum absolute atomic E-state index is 0. The van der Waals surface area contributed by atoms with Gasteiger partial charge < -0.3 is 11.5 Å². The fourth-order valence-electron chi connectivity index (χ4n) is 2.74. The summed E-state index contributed by atoms with van der Waals surface area (Å²) < 4.78 is 0. The number of pyridine rings is 1. The van der Waals surface area contributed by atoms with Crippen LogP contribution >= 0.6 is 23.7 Å². The van der Waals surface area contributed by atoms with E-state index in [9.17, 15) is 0 Å². The molecule has 116 valence electrons. The Kier molecular flexibility index (Phi) is 5.15. The average Bonchev–Trinajstić information content (AvgIpc) is 2.98. The molecule has 2 aromatic rings. The number of fused-ring (bicyclic) bond motifs is 1. The van der Waals surface area contributed by atoms with Crippen LogP contribution in [0.15, 0.2) is 40.0 Å². The number of halogens is 1. The van der Waals surface area contributed by atoms with Crippen LogP contribution in [0.4, 0.5) is 0 Å². The molecule has 0 saturated heterocycles. The Bertz CT molecular complexity index is 705.